The maximum absolute atomic E-state index is 12.7. The molecule has 0 bridgehead atoms. The van der Waals surface area contributed by atoms with E-state index in [1.807, 2.05) is 0 Å². The molecule has 0 aliphatic rings. The maximum atomic E-state index is 12.7. The Morgan fingerprint density at radius 2 is 2.27 bits per heavy atom. The van der Waals surface area contributed by atoms with Crippen LogP contribution < -0.4 is 11.1 Å². The summed E-state index contributed by atoms with van der Waals surface area (Å²) in [5.74, 6) is -0.530. The van der Waals surface area contributed by atoms with Crippen molar-refractivity contribution in [3.8, 4) is 0 Å². The lowest BCUT2D eigenvalue weighted by Gasteiger charge is -2.02. The standard InChI is InChI=1S/C7H7FN2O/c8-5-2-1-3-6(9)7(5)10-4-11/h1-4H,9H2,(H,10,11). The number of amides is 1. The average Bonchev–Trinajstić information content (AvgIpc) is 1.97. The maximum Gasteiger partial charge on any atom is 0.211 e. The van der Waals surface area contributed by atoms with Crippen molar-refractivity contribution >= 4 is 17.8 Å². The van der Waals surface area contributed by atoms with Gasteiger partial charge in [0, 0.05) is 0 Å². The number of nitrogens with two attached hydrogens (primary N) is 1. The van der Waals surface area contributed by atoms with Crippen molar-refractivity contribution in [3.05, 3.63) is 24.0 Å². The van der Waals surface area contributed by atoms with Crippen LogP contribution in [0.25, 0.3) is 0 Å². The summed E-state index contributed by atoms with van der Waals surface area (Å²) in [5.41, 5.74) is 5.60. The van der Waals surface area contributed by atoms with E-state index in [-0.39, 0.29) is 11.4 Å². The van der Waals surface area contributed by atoms with Crippen LogP contribution in [0, 0.1) is 5.82 Å². The van der Waals surface area contributed by atoms with Gasteiger partial charge in [-0.15, -0.1) is 0 Å². The molecule has 4 heteroatoms. The van der Waals surface area contributed by atoms with E-state index in [2.05, 4.69) is 5.32 Å². The Balaban J connectivity index is 3.09. The van der Waals surface area contributed by atoms with Gasteiger partial charge in [-0.1, -0.05) is 6.07 Å². The number of benzene rings is 1. The van der Waals surface area contributed by atoms with Crippen LogP contribution in [0.4, 0.5) is 15.8 Å². The van der Waals surface area contributed by atoms with Gasteiger partial charge in [0.05, 0.1) is 5.69 Å². The SMILES string of the molecule is Nc1cccc(F)c1NC=O. The van der Waals surface area contributed by atoms with Crippen LogP contribution in [0.15, 0.2) is 18.2 Å². The number of carbonyl (C=O) groups is 1. The highest BCUT2D eigenvalue weighted by molar-refractivity contribution is 5.79. The smallest absolute Gasteiger partial charge is 0.211 e. The Morgan fingerprint density at radius 3 is 2.82 bits per heavy atom. The van der Waals surface area contributed by atoms with Crippen molar-refractivity contribution in [1.29, 1.82) is 0 Å². The molecule has 0 aliphatic carbocycles. The summed E-state index contributed by atoms with van der Waals surface area (Å²) in [4.78, 5) is 9.95. The minimum absolute atomic E-state index is 0.0301. The summed E-state index contributed by atoms with van der Waals surface area (Å²) in [7, 11) is 0. The first-order valence-electron chi connectivity index (χ1n) is 3.00. The zero-order valence-corrected chi connectivity index (χ0v) is 5.67. The Bertz CT molecular complexity index is 255. The second kappa shape index (κ2) is 3.01. The van der Waals surface area contributed by atoms with Crippen molar-refractivity contribution in [3.63, 3.8) is 0 Å². The first-order valence-corrected chi connectivity index (χ1v) is 3.00. The van der Waals surface area contributed by atoms with Crippen LogP contribution in [0.1, 0.15) is 0 Å². The fourth-order valence-corrected chi connectivity index (χ4v) is 0.752. The second-order valence-corrected chi connectivity index (χ2v) is 1.97. The van der Waals surface area contributed by atoms with Gasteiger partial charge in [0.15, 0.2) is 0 Å². The molecule has 0 aliphatic heterocycles. The summed E-state index contributed by atoms with van der Waals surface area (Å²) >= 11 is 0. The number of nitrogens with one attached hydrogen (secondary N) is 1. The van der Waals surface area contributed by atoms with E-state index in [1.165, 1.54) is 18.2 Å². The molecule has 58 valence electrons. The Labute approximate surface area is 63.0 Å². The molecular formula is C7H7FN2O. The summed E-state index contributed by atoms with van der Waals surface area (Å²) in [5, 5.41) is 2.16. The van der Waals surface area contributed by atoms with E-state index < -0.39 is 5.82 Å². The van der Waals surface area contributed by atoms with Gasteiger partial charge in [0.2, 0.25) is 6.41 Å². The number of halogens is 1. The van der Waals surface area contributed by atoms with Crippen molar-refractivity contribution in [2.24, 2.45) is 0 Å². The lowest BCUT2D eigenvalue weighted by molar-refractivity contribution is -0.105. The molecule has 0 saturated heterocycles. The number of hydrogen-bond donors (Lipinski definition) is 2. The van der Waals surface area contributed by atoms with Gasteiger partial charge in [-0.25, -0.2) is 4.39 Å². The molecule has 3 nitrogen and oxygen atoms in total. The number of rotatable bonds is 2. The van der Waals surface area contributed by atoms with Gasteiger partial charge in [0.1, 0.15) is 11.5 Å². The zero-order chi connectivity index (χ0) is 8.27. The molecule has 1 aromatic rings. The van der Waals surface area contributed by atoms with Crippen molar-refractivity contribution < 1.29 is 9.18 Å². The normalized spacial score (nSPS) is 9.18. The zero-order valence-electron chi connectivity index (χ0n) is 5.67. The molecule has 0 spiro atoms. The van der Waals surface area contributed by atoms with Crippen molar-refractivity contribution in [2.75, 3.05) is 11.1 Å². The Morgan fingerprint density at radius 1 is 1.55 bits per heavy atom. The van der Waals surface area contributed by atoms with E-state index in [9.17, 15) is 9.18 Å². The molecule has 11 heavy (non-hydrogen) atoms. The third kappa shape index (κ3) is 1.46. The molecule has 0 fully saturated rings. The molecule has 0 atom stereocenters. The molecule has 3 N–H and O–H groups in total. The minimum Gasteiger partial charge on any atom is -0.397 e. The molecular weight excluding hydrogens is 147 g/mol. The lowest BCUT2D eigenvalue weighted by atomic mass is 10.2. The quantitative estimate of drug-likeness (QED) is 0.492. The van der Waals surface area contributed by atoms with E-state index in [0.29, 0.717) is 6.41 Å². The molecule has 0 saturated carbocycles. The van der Waals surface area contributed by atoms with Crippen LogP contribution in [-0.2, 0) is 4.79 Å². The first kappa shape index (κ1) is 7.53. The predicted molar refractivity (Wildman–Crippen MR) is 40.5 cm³/mol. The highest BCUT2D eigenvalue weighted by atomic mass is 19.1. The highest BCUT2D eigenvalue weighted by Gasteiger charge is 2.02. The van der Waals surface area contributed by atoms with E-state index in [4.69, 9.17) is 5.73 Å². The monoisotopic (exact) mass is 154 g/mol. The summed E-state index contributed by atoms with van der Waals surface area (Å²) in [6.07, 6.45) is 0.384. The fraction of sp³-hybridized carbons (Fsp3) is 0. The summed E-state index contributed by atoms with van der Waals surface area (Å²) < 4.78 is 12.7. The van der Waals surface area contributed by atoms with E-state index in [0.717, 1.165) is 0 Å². The summed E-state index contributed by atoms with van der Waals surface area (Å²) in [6.45, 7) is 0. The van der Waals surface area contributed by atoms with Gasteiger partial charge in [-0.2, -0.15) is 0 Å². The molecule has 0 unspecified atom stereocenters. The Kier molecular flexibility index (Phi) is 2.06. The predicted octanol–water partition coefficient (Wildman–Crippen LogP) is 0.976. The molecule has 1 aromatic carbocycles. The topological polar surface area (TPSA) is 55.1 Å². The van der Waals surface area contributed by atoms with Crippen molar-refractivity contribution in [2.45, 2.75) is 0 Å². The Hall–Kier alpha value is -1.58. The third-order valence-corrected chi connectivity index (χ3v) is 1.25. The average molecular weight is 154 g/mol. The number of anilines is 2. The van der Waals surface area contributed by atoms with Crippen LogP contribution in [0.5, 0.6) is 0 Å². The highest BCUT2D eigenvalue weighted by Crippen LogP contribution is 2.20. The number of para-hydroxylation sites is 1. The molecule has 1 amide bonds. The largest absolute Gasteiger partial charge is 0.397 e. The second-order valence-electron chi connectivity index (χ2n) is 1.97. The van der Waals surface area contributed by atoms with Gasteiger partial charge < -0.3 is 11.1 Å². The van der Waals surface area contributed by atoms with Crippen LogP contribution >= 0.6 is 0 Å². The van der Waals surface area contributed by atoms with Crippen LogP contribution in [-0.4, -0.2) is 6.41 Å². The first-order chi connectivity index (χ1) is 5.25. The van der Waals surface area contributed by atoms with Gasteiger partial charge in [-0.05, 0) is 12.1 Å². The lowest BCUT2D eigenvalue weighted by Crippen LogP contribution is -2.01. The van der Waals surface area contributed by atoms with Gasteiger partial charge in [0.25, 0.3) is 0 Å². The molecule has 0 radical (unpaired) electrons. The number of nitrogen functional groups attached to an aromatic ring is 1. The minimum atomic E-state index is -0.530. The molecule has 1 rings (SSSR count). The third-order valence-electron chi connectivity index (χ3n) is 1.25. The van der Waals surface area contributed by atoms with Crippen molar-refractivity contribution in [1.82, 2.24) is 0 Å². The van der Waals surface area contributed by atoms with E-state index in [1.54, 1.807) is 0 Å². The van der Waals surface area contributed by atoms with Gasteiger partial charge in [-0.3, -0.25) is 4.79 Å². The summed E-state index contributed by atoms with van der Waals surface area (Å²) in [6, 6.07) is 4.21. The number of hydrogen-bond acceptors (Lipinski definition) is 2. The van der Waals surface area contributed by atoms with E-state index >= 15 is 0 Å². The van der Waals surface area contributed by atoms with Crippen LogP contribution in [0.2, 0.25) is 0 Å². The van der Waals surface area contributed by atoms with Gasteiger partial charge >= 0.3 is 0 Å². The number of carbonyl (C=O) groups excluding carboxylic acids is 1. The fourth-order valence-electron chi connectivity index (χ4n) is 0.752. The molecule has 0 aromatic heterocycles. The van der Waals surface area contributed by atoms with Crippen LogP contribution in [0.3, 0.4) is 0 Å². The molecule has 0 heterocycles.